The Morgan fingerprint density at radius 1 is 1.02 bits per heavy atom. The molecule has 13 heteroatoms. The highest BCUT2D eigenvalue weighted by Crippen LogP contribution is 2.34. The van der Waals surface area contributed by atoms with Gasteiger partial charge < -0.3 is 15.3 Å². The number of carboxylic acid groups (broad SMARTS) is 1. The molecule has 1 aliphatic heterocycles. The molecule has 1 aliphatic rings. The molecule has 3 heterocycles. The van der Waals surface area contributed by atoms with Crippen LogP contribution in [0.25, 0.3) is 5.65 Å². The zero-order valence-corrected chi connectivity index (χ0v) is 22.8. The van der Waals surface area contributed by atoms with Gasteiger partial charge in [0.15, 0.2) is 5.65 Å². The first-order valence-electron chi connectivity index (χ1n) is 13.1. The summed E-state index contributed by atoms with van der Waals surface area (Å²) in [5.41, 5.74) is -0.337. The summed E-state index contributed by atoms with van der Waals surface area (Å²) in [6, 6.07) is 12.7. The smallest absolute Gasteiger partial charge is 0.416 e. The summed E-state index contributed by atoms with van der Waals surface area (Å²) in [5, 5.41) is 29.1. The fraction of sp³-hybridized carbons (Fsp3) is 0.233. The molecule has 0 radical (unpaired) electrons. The van der Waals surface area contributed by atoms with Crippen LogP contribution >= 0.6 is 0 Å². The Hall–Kier alpha value is -5.24. The van der Waals surface area contributed by atoms with E-state index in [0.717, 1.165) is 19.2 Å². The summed E-state index contributed by atoms with van der Waals surface area (Å²) in [6.45, 7) is 2.99. The van der Waals surface area contributed by atoms with E-state index < -0.39 is 23.6 Å². The molecule has 0 saturated carbocycles. The van der Waals surface area contributed by atoms with Gasteiger partial charge in [0.25, 0.3) is 5.91 Å². The minimum absolute atomic E-state index is 0.0117. The lowest BCUT2D eigenvalue weighted by Crippen LogP contribution is -2.44. The van der Waals surface area contributed by atoms with Crippen LogP contribution in [-0.2, 0) is 12.7 Å². The molecule has 5 rings (SSSR count). The Kier molecular flexibility index (Phi) is 8.12. The third-order valence-corrected chi connectivity index (χ3v) is 6.97. The number of aromatic nitrogens is 3. The van der Waals surface area contributed by atoms with Gasteiger partial charge >= 0.3 is 12.1 Å². The van der Waals surface area contributed by atoms with Crippen LogP contribution in [0.3, 0.4) is 0 Å². The fourth-order valence-corrected chi connectivity index (χ4v) is 4.70. The second kappa shape index (κ2) is 11.9. The summed E-state index contributed by atoms with van der Waals surface area (Å²) in [6.07, 6.45) is -3.08. The molecular formula is C30H24F3N7O3. The maximum absolute atomic E-state index is 14.0. The monoisotopic (exact) mass is 587 g/mol. The molecule has 2 aromatic heterocycles. The minimum Gasteiger partial charge on any atom is -0.478 e. The number of likely N-dealkylation sites (N-methyl/N-ethyl adjacent to an activating group) is 1. The number of amides is 1. The predicted octanol–water partition coefficient (Wildman–Crippen LogP) is 3.72. The molecule has 0 aliphatic carbocycles. The third-order valence-electron chi connectivity index (χ3n) is 6.97. The van der Waals surface area contributed by atoms with Crippen molar-refractivity contribution in [1.82, 2.24) is 24.4 Å². The average molecular weight is 588 g/mol. The average Bonchev–Trinajstić information content (AvgIpc) is 3.40. The Morgan fingerprint density at radius 2 is 1.77 bits per heavy atom. The van der Waals surface area contributed by atoms with Crippen molar-refractivity contribution in [2.45, 2.75) is 12.7 Å². The van der Waals surface area contributed by atoms with Gasteiger partial charge in [-0.1, -0.05) is 12.0 Å². The topological polar surface area (TPSA) is 127 Å². The number of halogens is 3. The molecule has 4 aromatic rings. The molecular weight excluding hydrogens is 563 g/mol. The van der Waals surface area contributed by atoms with E-state index >= 15 is 0 Å². The Bertz CT molecular complexity index is 1820. The van der Waals surface area contributed by atoms with Crippen LogP contribution in [0.4, 0.5) is 18.9 Å². The van der Waals surface area contributed by atoms with E-state index in [9.17, 15) is 33.1 Å². The van der Waals surface area contributed by atoms with Crippen LogP contribution in [0, 0.1) is 23.2 Å². The van der Waals surface area contributed by atoms with Crippen LogP contribution in [-0.4, -0.2) is 74.6 Å². The first kappa shape index (κ1) is 29.3. The van der Waals surface area contributed by atoms with Gasteiger partial charge in [0.2, 0.25) is 5.82 Å². The lowest BCUT2D eigenvalue weighted by Gasteiger charge is -2.33. The summed E-state index contributed by atoms with van der Waals surface area (Å²) in [5.74, 6) is 3.77. The SMILES string of the molecule is CN1CCN(Cc2ccc(NC(=O)c3cc(C#N)cc(C#Cc4nnc5c(C(=O)O)cccn45)c3)cc2C(F)(F)F)CC1. The number of alkyl halides is 3. The highest BCUT2D eigenvalue weighted by Gasteiger charge is 2.34. The van der Waals surface area contributed by atoms with Crippen molar-refractivity contribution in [2.75, 3.05) is 38.5 Å². The third kappa shape index (κ3) is 6.64. The van der Waals surface area contributed by atoms with E-state index in [2.05, 4.69) is 32.3 Å². The Labute approximate surface area is 244 Å². The van der Waals surface area contributed by atoms with Crippen LogP contribution in [0.15, 0.2) is 54.7 Å². The maximum atomic E-state index is 14.0. The number of carbonyl (C=O) groups is 2. The van der Waals surface area contributed by atoms with Crippen LogP contribution in [0.2, 0.25) is 0 Å². The molecule has 2 N–H and O–H groups in total. The highest BCUT2D eigenvalue weighted by molar-refractivity contribution is 6.04. The Morgan fingerprint density at radius 3 is 2.47 bits per heavy atom. The van der Waals surface area contributed by atoms with Gasteiger partial charge in [-0.25, -0.2) is 4.79 Å². The first-order valence-corrected chi connectivity index (χ1v) is 13.1. The van der Waals surface area contributed by atoms with Crippen molar-refractivity contribution >= 4 is 23.2 Å². The van der Waals surface area contributed by atoms with E-state index in [4.69, 9.17) is 0 Å². The number of nitriles is 1. The van der Waals surface area contributed by atoms with Crippen molar-refractivity contribution in [3.05, 3.63) is 93.9 Å². The lowest BCUT2D eigenvalue weighted by molar-refractivity contribution is -0.138. The number of pyridine rings is 1. The molecule has 10 nitrogen and oxygen atoms in total. The molecule has 0 atom stereocenters. The van der Waals surface area contributed by atoms with Gasteiger partial charge in [0.05, 0.1) is 17.2 Å². The molecule has 2 aromatic carbocycles. The number of benzene rings is 2. The number of carbonyl (C=O) groups excluding carboxylic acids is 1. The van der Waals surface area contributed by atoms with Gasteiger partial charge in [0.1, 0.15) is 5.56 Å². The zero-order chi connectivity index (χ0) is 30.7. The summed E-state index contributed by atoms with van der Waals surface area (Å²) < 4.78 is 43.4. The number of hydrogen-bond acceptors (Lipinski definition) is 7. The largest absolute Gasteiger partial charge is 0.478 e. The molecule has 0 bridgehead atoms. The molecule has 0 spiro atoms. The van der Waals surface area contributed by atoms with E-state index in [-0.39, 0.29) is 51.5 Å². The normalized spacial score (nSPS) is 14.1. The zero-order valence-electron chi connectivity index (χ0n) is 22.8. The molecule has 218 valence electrons. The fourth-order valence-electron chi connectivity index (χ4n) is 4.70. The molecule has 1 fully saturated rings. The molecule has 1 amide bonds. The standard InChI is InChI=1S/C30H24F3N7O3/c1-38-9-11-39(12-10-38)18-21-5-6-23(16-25(21)30(31,32)33)35-28(41)22-14-19(13-20(15-22)17-34)4-7-26-36-37-27-24(29(42)43)3-2-8-40(26)27/h2-3,5-6,8,13-16H,9-12,18H2,1H3,(H,35,41)(H,42,43). The van der Waals surface area contributed by atoms with Gasteiger partial charge in [-0.15, -0.1) is 10.2 Å². The number of anilines is 1. The number of hydrogen-bond donors (Lipinski definition) is 2. The van der Waals surface area contributed by atoms with E-state index in [1.807, 2.05) is 18.0 Å². The number of nitrogens with zero attached hydrogens (tertiary/aromatic N) is 6. The minimum atomic E-state index is -4.62. The predicted molar refractivity (Wildman–Crippen MR) is 149 cm³/mol. The van der Waals surface area contributed by atoms with E-state index in [0.29, 0.717) is 13.1 Å². The number of piperazine rings is 1. The van der Waals surface area contributed by atoms with Crippen LogP contribution in [0.1, 0.15) is 48.8 Å². The van der Waals surface area contributed by atoms with Crippen LogP contribution < -0.4 is 5.32 Å². The lowest BCUT2D eigenvalue weighted by atomic mass is 10.0. The second-order valence-electron chi connectivity index (χ2n) is 10.0. The quantitative estimate of drug-likeness (QED) is 0.339. The van der Waals surface area contributed by atoms with E-state index in [1.165, 1.54) is 46.9 Å². The van der Waals surface area contributed by atoms with Gasteiger partial charge in [-0.05, 0) is 61.0 Å². The van der Waals surface area contributed by atoms with Crippen molar-refractivity contribution in [3.8, 4) is 17.9 Å². The summed E-state index contributed by atoms with van der Waals surface area (Å²) in [7, 11) is 1.97. The van der Waals surface area contributed by atoms with Crippen molar-refractivity contribution < 1.29 is 27.9 Å². The number of nitrogens with one attached hydrogen (secondary N) is 1. The molecule has 43 heavy (non-hydrogen) atoms. The number of aromatic carboxylic acids is 1. The van der Waals surface area contributed by atoms with Gasteiger partial charge in [0, 0.05) is 55.7 Å². The van der Waals surface area contributed by atoms with Gasteiger partial charge in [-0.3, -0.25) is 14.1 Å². The molecule has 1 saturated heterocycles. The summed E-state index contributed by atoms with van der Waals surface area (Å²) >= 11 is 0. The van der Waals surface area contributed by atoms with E-state index in [1.54, 1.807) is 6.20 Å². The second-order valence-corrected chi connectivity index (χ2v) is 10.0. The maximum Gasteiger partial charge on any atom is 0.416 e. The number of carboxylic acids is 1. The van der Waals surface area contributed by atoms with Gasteiger partial charge in [-0.2, -0.15) is 18.4 Å². The van der Waals surface area contributed by atoms with Crippen molar-refractivity contribution in [2.24, 2.45) is 0 Å². The number of fused-ring (bicyclic) bond motifs is 1. The first-order chi connectivity index (χ1) is 20.5. The van der Waals surface area contributed by atoms with Crippen molar-refractivity contribution in [3.63, 3.8) is 0 Å². The Balaban J connectivity index is 1.39. The number of rotatable bonds is 5. The summed E-state index contributed by atoms with van der Waals surface area (Å²) in [4.78, 5) is 28.6. The van der Waals surface area contributed by atoms with Crippen LogP contribution in [0.5, 0.6) is 0 Å². The molecule has 0 unspecified atom stereocenters. The highest BCUT2D eigenvalue weighted by atomic mass is 19.4. The van der Waals surface area contributed by atoms with Crippen molar-refractivity contribution in [1.29, 1.82) is 5.26 Å².